The van der Waals surface area contributed by atoms with Gasteiger partial charge in [-0.25, -0.2) is 4.79 Å². The van der Waals surface area contributed by atoms with Gasteiger partial charge in [0.1, 0.15) is 6.04 Å². The molecule has 0 fully saturated rings. The predicted octanol–water partition coefficient (Wildman–Crippen LogP) is 1.02. The van der Waals surface area contributed by atoms with Crippen LogP contribution in [0.3, 0.4) is 0 Å². The van der Waals surface area contributed by atoms with Crippen LogP contribution in [0.2, 0.25) is 0 Å². The van der Waals surface area contributed by atoms with Gasteiger partial charge >= 0.3 is 5.97 Å². The van der Waals surface area contributed by atoms with Crippen molar-refractivity contribution in [2.24, 2.45) is 0 Å². The van der Waals surface area contributed by atoms with E-state index in [1.807, 2.05) is 13.8 Å². The number of thiol groups is 1. The lowest BCUT2D eigenvalue weighted by molar-refractivity contribution is -0.145. The number of hydrogen-bond donors (Lipinski definition) is 2. The Morgan fingerprint density at radius 2 is 2.00 bits per heavy atom. The Labute approximate surface area is 93.0 Å². The molecule has 1 unspecified atom stereocenters. The molecule has 1 amide bonds. The first-order valence-corrected chi connectivity index (χ1v) is 5.89. The molecule has 6 heteroatoms. The summed E-state index contributed by atoms with van der Waals surface area (Å²) in [6.07, 6.45) is 0. The summed E-state index contributed by atoms with van der Waals surface area (Å²) in [6.45, 7) is 4.97. The summed E-state index contributed by atoms with van der Waals surface area (Å²) in [7, 11) is 2.49. The Hall–Kier alpha value is -0.360. The Balaban J connectivity index is 4.71. The Bertz CT molecular complexity index is 231. The van der Waals surface area contributed by atoms with Crippen molar-refractivity contribution in [3.8, 4) is 0 Å². The van der Waals surface area contributed by atoms with E-state index in [4.69, 9.17) is 0 Å². The fraction of sp³-hybridized carbons (Fsp3) is 0.750. The minimum atomic E-state index is -0.688. The van der Waals surface area contributed by atoms with Gasteiger partial charge in [-0.05, 0) is 13.8 Å². The standard InChI is InChI=1S/C8H15NO3S2/c1-5(10)9-6(7(11)12-4)8(2,3)14-13/h6,13H,1-4H3,(H,9,10). The van der Waals surface area contributed by atoms with Crippen molar-refractivity contribution < 1.29 is 14.3 Å². The van der Waals surface area contributed by atoms with Crippen molar-refractivity contribution >= 4 is 34.3 Å². The minimum Gasteiger partial charge on any atom is -0.467 e. The fourth-order valence-electron chi connectivity index (χ4n) is 0.890. The van der Waals surface area contributed by atoms with Gasteiger partial charge in [0.15, 0.2) is 0 Å². The van der Waals surface area contributed by atoms with E-state index in [1.54, 1.807) is 0 Å². The molecular formula is C8H15NO3S2. The lowest BCUT2D eigenvalue weighted by atomic mass is 10.0. The molecule has 0 saturated heterocycles. The van der Waals surface area contributed by atoms with Crippen LogP contribution in [0.25, 0.3) is 0 Å². The first-order chi connectivity index (χ1) is 6.35. The van der Waals surface area contributed by atoms with Crippen LogP contribution in [0.4, 0.5) is 0 Å². The predicted molar refractivity (Wildman–Crippen MR) is 60.3 cm³/mol. The number of esters is 1. The van der Waals surface area contributed by atoms with Crippen LogP contribution >= 0.6 is 22.5 Å². The fourth-order valence-corrected chi connectivity index (χ4v) is 1.47. The van der Waals surface area contributed by atoms with E-state index in [-0.39, 0.29) is 5.91 Å². The molecule has 0 rings (SSSR count). The molecule has 0 aromatic carbocycles. The summed E-state index contributed by atoms with van der Waals surface area (Å²) in [4.78, 5) is 22.3. The minimum absolute atomic E-state index is 0.268. The molecule has 82 valence electrons. The summed E-state index contributed by atoms with van der Waals surface area (Å²) in [5.41, 5.74) is 0. The first-order valence-electron chi connectivity index (χ1n) is 4.02. The zero-order chi connectivity index (χ0) is 11.4. The van der Waals surface area contributed by atoms with Gasteiger partial charge in [-0.3, -0.25) is 4.79 Å². The van der Waals surface area contributed by atoms with Crippen molar-refractivity contribution in [1.29, 1.82) is 0 Å². The number of nitrogens with one attached hydrogen (secondary N) is 1. The van der Waals surface area contributed by atoms with Crippen LogP contribution in [-0.4, -0.2) is 29.8 Å². The van der Waals surface area contributed by atoms with Gasteiger partial charge in [0.05, 0.1) is 11.9 Å². The third-order valence-electron chi connectivity index (χ3n) is 1.71. The van der Waals surface area contributed by atoms with Crippen molar-refractivity contribution in [3.05, 3.63) is 0 Å². The summed E-state index contributed by atoms with van der Waals surface area (Å²) in [6, 6.07) is -0.688. The van der Waals surface area contributed by atoms with Gasteiger partial charge in [-0.15, -0.1) is 11.7 Å². The molecular weight excluding hydrogens is 222 g/mol. The first kappa shape index (κ1) is 13.6. The summed E-state index contributed by atoms with van der Waals surface area (Å²) >= 11 is 4.05. The van der Waals surface area contributed by atoms with Gasteiger partial charge in [-0.2, -0.15) is 0 Å². The van der Waals surface area contributed by atoms with E-state index < -0.39 is 16.8 Å². The third kappa shape index (κ3) is 3.79. The number of carbonyl (C=O) groups excluding carboxylic acids is 2. The maximum Gasteiger partial charge on any atom is 0.329 e. The highest BCUT2D eigenvalue weighted by molar-refractivity contribution is 8.69. The van der Waals surface area contributed by atoms with Crippen molar-refractivity contribution in [3.63, 3.8) is 0 Å². The van der Waals surface area contributed by atoms with Crippen LogP contribution in [-0.2, 0) is 14.3 Å². The lowest BCUT2D eigenvalue weighted by Gasteiger charge is -2.29. The van der Waals surface area contributed by atoms with Crippen molar-refractivity contribution in [2.45, 2.75) is 31.6 Å². The average molecular weight is 237 g/mol. The van der Waals surface area contributed by atoms with E-state index in [1.165, 1.54) is 24.8 Å². The molecule has 4 nitrogen and oxygen atoms in total. The second-order valence-corrected chi connectivity index (χ2v) is 5.13. The molecule has 14 heavy (non-hydrogen) atoms. The number of hydrogen-bond acceptors (Lipinski definition) is 5. The zero-order valence-electron chi connectivity index (χ0n) is 8.66. The van der Waals surface area contributed by atoms with E-state index >= 15 is 0 Å². The third-order valence-corrected chi connectivity index (χ3v) is 3.83. The van der Waals surface area contributed by atoms with E-state index in [0.717, 1.165) is 0 Å². The van der Waals surface area contributed by atoms with Gasteiger partial charge in [0.2, 0.25) is 5.91 Å². The van der Waals surface area contributed by atoms with Crippen LogP contribution < -0.4 is 5.32 Å². The number of ether oxygens (including phenoxy) is 1. The summed E-state index contributed by atoms with van der Waals surface area (Å²) in [5.74, 6) is -0.734. The van der Waals surface area contributed by atoms with Gasteiger partial charge in [0.25, 0.3) is 0 Å². The molecule has 0 aliphatic rings. The maximum atomic E-state index is 11.4. The number of amides is 1. The SMILES string of the molecule is COC(=O)C(NC(C)=O)C(C)(C)SS. The highest BCUT2D eigenvalue weighted by Gasteiger charge is 2.36. The van der Waals surface area contributed by atoms with Gasteiger partial charge in [0, 0.05) is 6.92 Å². The normalized spacial score (nSPS) is 13.2. The molecule has 0 radical (unpaired) electrons. The molecule has 0 bridgehead atoms. The molecule has 1 N–H and O–H groups in total. The van der Waals surface area contributed by atoms with Crippen LogP contribution in [0.5, 0.6) is 0 Å². The molecule has 0 aliphatic carbocycles. The molecule has 0 spiro atoms. The summed E-state index contributed by atoms with van der Waals surface area (Å²) < 4.78 is 4.09. The molecule has 0 aromatic rings. The highest BCUT2D eigenvalue weighted by atomic mass is 33.1. The quantitative estimate of drug-likeness (QED) is 0.435. The topological polar surface area (TPSA) is 55.4 Å². The molecule has 0 saturated carbocycles. The Morgan fingerprint density at radius 3 is 2.29 bits per heavy atom. The molecule has 0 heterocycles. The van der Waals surface area contributed by atoms with Crippen LogP contribution in [0, 0.1) is 0 Å². The highest BCUT2D eigenvalue weighted by Crippen LogP contribution is 2.31. The van der Waals surface area contributed by atoms with Gasteiger partial charge < -0.3 is 10.1 Å². The smallest absolute Gasteiger partial charge is 0.329 e. The number of rotatable bonds is 4. The monoisotopic (exact) mass is 237 g/mol. The van der Waals surface area contributed by atoms with Crippen molar-refractivity contribution in [1.82, 2.24) is 5.32 Å². The van der Waals surface area contributed by atoms with Crippen LogP contribution in [0.15, 0.2) is 0 Å². The lowest BCUT2D eigenvalue weighted by Crippen LogP contribution is -2.52. The second kappa shape index (κ2) is 5.50. The van der Waals surface area contributed by atoms with Crippen molar-refractivity contribution in [2.75, 3.05) is 7.11 Å². The van der Waals surface area contributed by atoms with E-state index in [2.05, 4.69) is 21.7 Å². The molecule has 1 atom stereocenters. The zero-order valence-corrected chi connectivity index (χ0v) is 10.4. The van der Waals surface area contributed by atoms with Gasteiger partial charge in [-0.1, -0.05) is 10.8 Å². The number of carbonyl (C=O) groups is 2. The summed E-state index contributed by atoms with van der Waals surface area (Å²) in [5, 5.41) is 2.54. The Kier molecular flexibility index (Phi) is 5.36. The van der Waals surface area contributed by atoms with E-state index in [0.29, 0.717) is 0 Å². The van der Waals surface area contributed by atoms with Crippen LogP contribution in [0.1, 0.15) is 20.8 Å². The van der Waals surface area contributed by atoms with E-state index in [9.17, 15) is 9.59 Å². The number of methoxy groups -OCH3 is 1. The largest absolute Gasteiger partial charge is 0.467 e. The Morgan fingerprint density at radius 1 is 1.50 bits per heavy atom. The maximum absolute atomic E-state index is 11.4. The molecule has 0 aliphatic heterocycles. The molecule has 0 aromatic heterocycles. The second-order valence-electron chi connectivity index (χ2n) is 3.35. The average Bonchev–Trinajstić information content (AvgIpc) is 2.12.